The number of rotatable bonds is 8. The van der Waals surface area contributed by atoms with Crippen molar-refractivity contribution in [3.8, 4) is 0 Å². The number of methoxy groups -OCH3 is 1. The maximum absolute atomic E-state index is 13.0. The van der Waals surface area contributed by atoms with Gasteiger partial charge in [0.25, 0.3) is 0 Å². The number of hydrogen-bond acceptors (Lipinski definition) is 6. The van der Waals surface area contributed by atoms with Gasteiger partial charge in [0.1, 0.15) is 17.7 Å². The fourth-order valence-electron chi connectivity index (χ4n) is 4.04. The first-order valence-electron chi connectivity index (χ1n) is 11.2. The molecular weight excluding hydrogens is 402 g/mol. The van der Waals surface area contributed by atoms with Crippen LogP contribution in [0.4, 0.5) is 4.79 Å². The molecule has 1 heterocycles. The predicted octanol–water partition coefficient (Wildman–Crippen LogP) is 1.79. The van der Waals surface area contributed by atoms with E-state index < -0.39 is 35.7 Å². The molecule has 0 aromatic heterocycles. The summed E-state index contributed by atoms with van der Waals surface area (Å²) < 4.78 is 10.1. The van der Waals surface area contributed by atoms with Gasteiger partial charge in [0.2, 0.25) is 11.8 Å². The van der Waals surface area contributed by atoms with Crippen molar-refractivity contribution in [3.63, 3.8) is 0 Å². The summed E-state index contributed by atoms with van der Waals surface area (Å²) in [4.78, 5) is 50.1. The molecule has 1 saturated heterocycles. The van der Waals surface area contributed by atoms with Crippen molar-refractivity contribution in [2.45, 2.75) is 95.4 Å². The first-order valence-corrected chi connectivity index (χ1v) is 11.2. The van der Waals surface area contributed by atoms with Crippen LogP contribution in [0.3, 0.4) is 0 Å². The van der Waals surface area contributed by atoms with Crippen molar-refractivity contribution >= 4 is 23.9 Å². The van der Waals surface area contributed by atoms with E-state index in [9.17, 15) is 19.2 Å². The van der Waals surface area contributed by atoms with Crippen LogP contribution < -0.4 is 16.0 Å². The average molecular weight is 438 g/mol. The molecule has 0 aromatic rings. The Balaban J connectivity index is 1.61. The zero-order valence-corrected chi connectivity index (χ0v) is 18.9. The number of carbonyl (C=O) groups is 4. The minimum atomic E-state index is -0.955. The van der Waals surface area contributed by atoms with Crippen molar-refractivity contribution in [1.82, 2.24) is 16.0 Å². The van der Waals surface area contributed by atoms with Gasteiger partial charge in [-0.05, 0) is 65.2 Å². The Morgan fingerprint density at radius 1 is 1.06 bits per heavy atom. The molecular formula is C22H35N3O6. The summed E-state index contributed by atoms with van der Waals surface area (Å²) in [6.07, 6.45) is 5.54. The Labute approximate surface area is 183 Å². The third kappa shape index (κ3) is 6.83. The van der Waals surface area contributed by atoms with E-state index in [0.29, 0.717) is 18.8 Å². The lowest BCUT2D eigenvalue weighted by molar-refractivity contribution is -0.146. The summed E-state index contributed by atoms with van der Waals surface area (Å²) in [5.41, 5.74) is -0.725. The lowest BCUT2D eigenvalue weighted by Crippen LogP contribution is -2.54. The molecule has 3 fully saturated rings. The van der Waals surface area contributed by atoms with E-state index in [2.05, 4.69) is 16.0 Å². The largest absolute Gasteiger partial charge is 0.467 e. The molecule has 1 spiro atoms. The fraction of sp³-hybridized carbons (Fsp3) is 0.818. The normalized spacial score (nSPS) is 23.9. The van der Waals surface area contributed by atoms with Gasteiger partial charge >= 0.3 is 12.1 Å². The van der Waals surface area contributed by atoms with Gasteiger partial charge in [-0.15, -0.1) is 0 Å². The van der Waals surface area contributed by atoms with Crippen LogP contribution in [0.1, 0.15) is 72.1 Å². The number of amides is 3. The smallest absolute Gasteiger partial charge is 0.408 e. The number of carbonyl (C=O) groups excluding carboxylic acids is 4. The zero-order chi connectivity index (χ0) is 22.8. The van der Waals surface area contributed by atoms with Gasteiger partial charge in [-0.3, -0.25) is 9.59 Å². The topological polar surface area (TPSA) is 123 Å². The second-order valence-corrected chi connectivity index (χ2v) is 10.2. The zero-order valence-electron chi connectivity index (χ0n) is 18.9. The molecule has 2 aliphatic carbocycles. The monoisotopic (exact) mass is 437 g/mol. The maximum atomic E-state index is 13.0. The molecule has 174 valence electrons. The lowest BCUT2D eigenvalue weighted by Gasteiger charge is -2.31. The van der Waals surface area contributed by atoms with Gasteiger partial charge < -0.3 is 25.4 Å². The van der Waals surface area contributed by atoms with Gasteiger partial charge in [0, 0.05) is 11.5 Å². The molecule has 9 nitrogen and oxygen atoms in total. The van der Waals surface area contributed by atoms with E-state index in [4.69, 9.17) is 9.47 Å². The second kappa shape index (κ2) is 9.04. The first kappa shape index (κ1) is 23.3. The van der Waals surface area contributed by atoms with Crippen LogP contribution in [0.25, 0.3) is 0 Å². The van der Waals surface area contributed by atoms with E-state index in [1.807, 2.05) is 0 Å². The molecule has 1 aliphatic heterocycles. The summed E-state index contributed by atoms with van der Waals surface area (Å²) in [7, 11) is 1.25. The van der Waals surface area contributed by atoms with E-state index in [0.717, 1.165) is 32.1 Å². The van der Waals surface area contributed by atoms with Crippen LogP contribution in [0.5, 0.6) is 0 Å². The molecule has 31 heavy (non-hydrogen) atoms. The Kier molecular flexibility index (Phi) is 6.81. The molecule has 3 atom stereocenters. The molecule has 9 heteroatoms. The molecule has 3 rings (SSSR count). The van der Waals surface area contributed by atoms with Crippen LogP contribution in [-0.4, -0.2) is 54.2 Å². The Morgan fingerprint density at radius 2 is 1.74 bits per heavy atom. The summed E-state index contributed by atoms with van der Waals surface area (Å²) in [6.45, 7) is 5.24. The maximum Gasteiger partial charge on any atom is 0.408 e. The van der Waals surface area contributed by atoms with Crippen LogP contribution >= 0.6 is 0 Å². The van der Waals surface area contributed by atoms with Crippen LogP contribution in [0.2, 0.25) is 0 Å². The highest BCUT2D eigenvalue weighted by molar-refractivity contribution is 5.90. The van der Waals surface area contributed by atoms with E-state index in [1.54, 1.807) is 20.8 Å². The number of ether oxygens (including phenoxy) is 2. The summed E-state index contributed by atoms with van der Waals surface area (Å²) >= 11 is 0. The lowest BCUT2D eigenvalue weighted by atomic mass is 9.87. The molecule has 3 amide bonds. The quantitative estimate of drug-likeness (QED) is 0.498. The van der Waals surface area contributed by atoms with Crippen molar-refractivity contribution < 1.29 is 28.7 Å². The summed E-state index contributed by atoms with van der Waals surface area (Å²) in [5, 5.41) is 8.40. The molecule has 0 radical (unpaired) electrons. The molecule has 3 aliphatic rings. The number of nitrogens with one attached hydrogen (secondary N) is 3. The Morgan fingerprint density at radius 3 is 2.26 bits per heavy atom. The molecule has 0 bridgehead atoms. The van der Waals surface area contributed by atoms with Crippen molar-refractivity contribution in [3.05, 3.63) is 0 Å². The first-order chi connectivity index (χ1) is 14.5. The van der Waals surface area contributed by atoms with Gasteiger partial charge in [-0.2, -0.15) is 0 Å². The van der Waals surface area contributed by atoms with Gasteiger partial charge in [-0.25, -0.2) is 9.59 Å². The van der Waals surface area contributed by atoms with E-state index >= 15 is 0 Å². The second-order valence-electron chi connectivity index (χ2n) is 10.2. The van der Waals surface area contributed by atoms with Crippen molar-refractivity contribution in [1.29, 1.82) is 0 Å². The average Bonchev–Trinajstić information content (AvgIpc) is 3.59. The Bertz CT molecular complexity index is 723. The van der Waals surface area contributed by atoms with Gasteiger partial charge in [0.15, 0.2) is 0 Å². The summed E-state index contributed by atoms with van der Waals surface area (Å²) in [5.74, 6) is -1.15. The third-order valence-corrected chi connectivity index (χ3v) is 6.18. The standard InChI is InChI=1S/C22H35N3O6/c1-21(2,3)31-20(29)24-15(11-13-5-6-13)18(27)23-16(19(28)30-4)12-14-7-8-22(9-10-22)25-17(14)26/h13-16H,5-12H2,1-4H3,(H,23,27)(H,24,29)(H,25,26)/t14?,15-,16-/m0/s1. The predicted molar refractivity (Wildman–Crippen MR) is 112 cm³/mol. The van der Waals surface area contributed by atoms with Gasteiger partial charge in [0.05, 0.1) is 7.11 Å². The van der Waals surface area contributed by atoms with Crippen molar-refractivity contribution in [2.24, 2.45) is 11.8 Å². The number of esters is 1. The number of alkyl carbamates (subject to hydrolysis) is 1. The molecule has 3 N–H and O–H groups in total. The number of hydrogen-bond donors (Lipinski definition) is 3. The van der Waals surface area contributed by atoms with E-state index in [1.165, 1.54) is 7.11 Å². The van der Waals surface area contributed by atoms with E-state index in [-0.39, 0.29) is 23.8 Å². The van der Waals surface area contributed by atoms with Crippen LogP contribution in [0.15, 0.2) is 0 Å². The molecule has 1 unspecified atom stereocenters. The third-order valence-electron chi connectivity index (χ3n) is 6.18. The number of piperidine rings is 1. The minimum Gasteiger partial charge on any atom is -0.467 e. The SMILES string of the molecule is COC(=O)[C@H](CC1CCC2(CC2)NC1=O)NC(=O)[C@H](CC1CC1)NC(=O)OC(C)(C)C. The van der Waals surface area contributed by atoms with Gasteiger partial charge in [-0.1, -0.05) is 12.8 Å². The highest BCUT2D eigenvalue weighted by Crippen LogP contribution is 2.44. The van der Waals surface area contributed by atoms with Crippen molar-refractivity contribution in [2.75, 3.05) is 7.11 Å². The van der Waals surface area contributed by atoms with Crippen LogP contribution in [0, 0.1) is 11.8 Å². The molecule has 0 aromatic carbocycles. The van der Waals surface area contributed by atoms with Crippen LogP contribution in [-0.2, 0) is 23.9 Å². The molecule has 2 saturated carbocycles. The fourth-order valence-corrected chi connectivity index (χ4v) is 4.04. The highest BCUT2D eigenvalue weighted by atomic mass is 16.6. The summed E-state index contributed by atoms with van der Waals surface area (Å²) in [6, 6.07) is -1.77. The highest BCUT2D eigenvalue weighted by Gasteiger charge is 2.48. The Hall–Kier alpha value is -2.32. The minimum absolute atomic E-state index is 0.0374.